The normalized spacial score (nSPS) is 19.7. The molecular formula is C30H38N6O2. The summed E-state index contributed by atoms with van der Waals surface area (Å²) in [5.74, 6) is -0.182. The van der Waals surface area contributed by atoms with Crippen LogP contribution in [0.2, 0.25) is 0 Å². The second-order valence-corrected chi connectivity index (χ2v) is 11.8. The number of benzene rings is 1. The number of amides is 2. The van der Waals surface area contributed by atoms with E-state index in [-0.39, 0.29) is 29.3 Å². The Morgan fingerprint density at radius 3 is 2.45 bits per heavy atom. The Labute approximate surface area is 225 Å². The monoisotopic (exact) mass is 514 g/mol. The molecule has 4 heterocycles. The van der Waals surface area contributed by atoms with Crippen LogP contribution in [0.4, 0.5) is 5.69 Å². The van der Waals surface area contributed by atoms with Gasteiger partial charge in [0.25, 0.3) is 5.91 Å². The van der Waals surface area contributed by atoms with Gasteiger partial charge in [0.2, 0.25) is 5.91 Å². The minimum Gasteiger partial charge on any atom is -0.348 e. The second kappa shape index (κ2) is 10.2. The van der Waals surface area contributed by atoms with Crippen LogP contribution in [0.15, 0.2) is 61.3 Å². The van der Waals surface area contributed by atoms with Gasteiger partial charge < -0.3 is 19.3 Å². The molecule has 0 bridgehead atoms. The zero-order valence-electron chi connectivity index (χ0n) is 23.0. The van der Waals surface area contributed by atoms with E-state index in [0.29, 0.717) is 18.8 Å². The number of aryl methyl sites for hydroxylation is 1. The maximum Gasteiger partial charge on any atom is 0.277 e. The standard InChI is InChI=1S/C30H38N6O2/c1-21(2)27-29(38)34(18-22-9-11-23(12-10-22)30(3,4)5)19-25-35(16-7-15-33-17-14-31-20-33)24-8-6-13-32-26(24)28(37)36(25)27/h6,8-14,17,20-21,25,27H,7,15-16,18-19H2,1-5H3. The lowest BCUT2D eigenvalue weighted by molar-refractivity contribution is -0.146. The molecule has 2 amide bonds. The fourth-order valence-corrected chi connectivity index (χ4v) is 5.64. The van der Waals surface area contributed by atoms with Crippen molar-refractivity contribution in [1.82, 2.24) is 24.3 Å². The maximum atomic E-state index is 13.9. The Morgan fingerprint density at radius 1 is 1.03 bits per heavy atom. The average molecular weight is 515 g/mol. The van der Waals surface area contributed by atoms with Gasteiger partial charge in [0.05, 0.1) is 18.6 Å². The van der Waals surface area contributed by atoms with E-state index in [1.165, 1.54) is 5.56 Å². The molecular weight excluding hydrogens is 476 g/mol. The third-order valence-corrected chi connectivity index (χ3v) is 7.66. The summed E-state index contributed by atoms with van der Waals surface area (Å²) in [5, 5.41) is 0. The first-order chi connectivity index (χ1) is 18.1. The minimum atomic E-state index is -0.540. The third kappa shape index (κ3) is 4.91. The third-order valence-electron chi connectivity index (χ3n) is 7.66. The molecule has 2 atom stereocenters. The first-order valence-corrected chi connectivity index (χ1v) is 13.5. The Hall–Kier alpha value is -3.68. The molecule has 0 N–H and O–H groups in total. The molecule has 38 heavy (non-hydrogen) atoms. The van der Waals surface area contributed by atoms with Crippen LogP contribution in [0.5, 0.6) is 0 Å². The number of imidazole rings is 1. The molecule has 200 valence electrons. The predicted molar refractivity (Wildman–Crippen MR) is 148 cm³/mol. The van der Waals surface area contributed by atoms with E-state index in [4.69, 9.17) is 0 Å². The van der Waals surface area contributed by atoms with Crippen LogP contribution in [0.1, 0.15) is 62.7 Å². The van der Waals surface area contributed by atoms with E-state index in [0.717, 1.165) is 30.8 Å². The highest BCUT2D eigenvalue weighted by atomic mass is 16.2. The SMILES string of the molecule is CC(C)C1C(=O)N(Cc2ccc(C(C)(C)C)cc2)CC2N(CCCn3ccnc3)c3cccnc3C(=O)N12. The molecule has 0 aliphatic carbocycles. The number of nitrogens with zero attached hydrogens (tertiary/aromatic N) is 6. The predicted octanol–water partition coefficient (Wildman–Crippen LogP) is 4.32. The topological polar surface area (TPSA) is 74.6 Å². The van der Waals surface area contributed by atoms with Crippen molar-refractivity contribution in [2.45, 2.75) is 71.8 Å². The zero-order valence-corrected chi connectivity index (χ0v) is 23.0. The van der Waals surface area contributed by atoms with Crippen molar-refractivity contribution >= 4 is 17.5 Å². The molecule has 1 fully saturated rings. The highest BCUT2D eigenvalue weighted by Crippen LogP contribution is 2.36. The summed E-state index contributed by atoms with van der Waals surface area (Å²) in [6.45, 7) is 13.2. The van der Waals surface area contributed by atoms with Crippen LogP contribution >= 0.6 is 0 Å². The number of anilines is 1. The number of carbonyl (C=O) groups excluding carboxylic acids is 2. The molecule has 0 radical (unpaired) electrons. The van der Waals surface area contributed by atoms with Crippen LogP contribution in [0.3, 0.4) is 0 Å². The maximum absolute atomic E-state index is 13.9. The summed E-state index contributed by atoms with van der Waals surface area (Å²) in [6, 6.07) is 11.9. The van der Waals surface area contributed by atoms with Crippen LogP contribution in [-0.4, -0.2) is 61.4 Å². The number of rotatable bonds is 7. The summed E-state index contributed by atoms with van der Waals surface area (Å²) in [7, 11) is 0. The van der Waals surface area contributed by atoms with Gasteiger partial charge in [0.1, 0.15) is 12.2 Å². The molecule has 8 heteroatoms. The number of hydrogen-bond acceptors (Lipinski definition) is 5. The van der Waals surface area contributed by atoms with Gasteiger partial charge in [-0.1, -0.05) is 58.9 Å². The van der Waals surface area contributed by atoms with E-state index in [9.17, 15) is 9.59 Å². The van der Waals surface area contributed by atoms with Gasteiger partial charge in [-0.25, -0.2) is 9.97 Å². The first kappa shape index (κ1) is 25.9. The average Bonchev–Trinajstić information content (AvgIpc) is 3.40. The van der Waals surface area contributed by atoms with E-state index < -0.39 is 6.04 Å². The number of pyridine rings is 1. The molecule has 5 rings (SSSR count). The summed E-state index contributed by atoms with van der Waals surface area (Å²) < 4.78 is 2.06. The van der Waals surface area contributed by atoms with Crippen molar-refractivity contribution in [3.8, 4) is 0 Å². The van der Waals surface area contributed by atoms with E-state index >= 15 is 0 Å². The second-order valence-electron chi connectivity index (χ2n) is 11.8. The van der Waals surface area contributed by atoms with Crippen molar-refractivity contribution in [3.63, 3.8) is 0 Å². The van der Waals surface area contributed by atoms with Crippen LogP contribution in [0.25, 0.3) is 0 Å². The minimum absolute atomic E-state index is 0.00208. The molecule has 0 spiro atoms. The highest BCUT2D eigenvalue weighted by molar-refractivity contribution is 6.03. The van der Waals surface area contributed by atoms with Crippen LogP contribution in [0, 0.1) is 5.92 Å². The van der Waals surface area contributed by atoms with Gasteiger partial charge in [0.15, 0.2) is 5.69 Å². The van der Waals surface area contributed by atoms with E-state index in [1.54, 1.807) is 17.3 Å². The van der Waals surface area contributed by atoms with E-state index in [1.807, 2.05) is 43.4 Å². The molecule has 2 aliphatic rings. The summed E-state index contributed by atoms with van der Waals surface area (Å²) >= 11 is 0. The van der Waals surface area contributed by atoms with Crippen molar-refractivity contribution in [3.05, 3.63) is 78.1 Å². The van der Waals surface area contributed by atoms with Gasteiger partial charge in [-0.05, 0) is 41.0 Å². The van der Waals surface area contributed by atoms with Gasteiger partial charge in [-0.15, -0.1) is 0 Å². The number of fused-ring (bicyclic) bond motifs is 2. The van der Waals surface area contributed by atoms with Crippen LogP contribution in [-0.2, 0) is 23.3 Å². The largest absolute Gasteiger partial charge is 0.348 e. The fraction of sp³-hybridized carbons (Fsp3) is 0.467. The van der Waals surface area contributed by atoms with Crippen molar-refractivity contribution in [1.29, 1.82) is 0 Å². The van der Waals surface area contributed by atoms with Crippen molar-refractivity contribution in [2.24, 2.45) is 5.92 Å². The molecule has 2 aromatic heterocycles. The lowest BCUT2D eigenvalue weighted by Crippen LogP contribution is -2.71. The number of carbonyl (C=O) groups is 2. The number of piperazine rings is 1. The fourth-order valence-electron chi connectivity index (χ4n) is 5.64. The highest BCUT2D eigenvalue weighted by Gasteiger charge is 2.50. The molecule has 8 nitrogen and oxygen atoms in total. The molecule has 3 aromatic rings. The quantitative estimate of drug-likeness (QED) is 0.470. The van der Waals surface area contributed by atoms with Gasteiger partial charge in [-0.3, -0.25) is 9.59 Å². The molecule has 1 saturated heterocycles. The summed E-state index contributed by atoms with van der Waals surface area (Å²) in [6.07, 6.45) is 7.85. The number of hydrogen-bond donors (Lipinski definition) is 0. The van der Waals surface area contributed by atoms with Gasteiger partial charge in [-0.2, -0.15) is 0 Å². The lowest BCUT2D eigenvalue weighted by atomic mass is 9.86. The smallest absolute Gasteiger partial charge is 0.277 e. The van der Waals surface area contributed by atoms with Crippen LogP contribution < -0.4 is 4.90 Å². The summed E-state index contributed by atoms with van der Waals surface area (Å²) in [5.41, 5.74) is 3.71. The van der Waals surface area contributed by atoms with Gasteiger partial charge >= 0.3 is 0 Å². The molecule has 0 saturated carbocycles. The van der Waals surface area contributed by atoms with Crippen molar-refractivity contribution in [2.75, 3.05) is 18.0 Å². The van der Waals surface area contributed by atoms with E-state index in [2.05, 4.69) is 64.5 Å². The Bertz CT molecular complexity index is 1280. The molecule has 1 aromatic carbocycles. The Balaban J connectivity index is 1.46. The zero-order chi connectivity index (χ0) is 27.0. The number of aromatic nitrogens is 3. The Morgan fingerprint density at radius 2 is 1.79 bits per heavy atom. The molecule has 2 unspecified atom stereocenters. The lowest BCUT2D eigenvalue weighted by Gasteiger charge is -2.54. The molecule has 2 aliphatic heterocycles. The summed E-state index contributed by atoms with van der Waals surface area (Å²) in [4.78, 5) is 42.3. The first-order valence-electron chi connectivity index (χ1n) is 13.5. The van der Waals surface area contributed by atoms with Crippen molar-refractivity contribution < 1.29 is 9.59 Å². The Kier molecular flexibility index (Phi) is 6.99. The van der Waals surface area contributed by atoms with Gasteiger partial charge in [0, 0.05) is 38.2 Å².